The molecule has 0 aromatic heterocycles. The highest BCUT2D eigenvalue weighted by Crippen LogP contribution is 2.40. The lowest BCUT2D eigenvalue weighted by Gasteiger charge is -2.13. The monoisotopic (exact) mass is 230 g/mol. The Hall–Kier alpha value is -2.16. The van der Waals surface area contributed by atoms with E-state index in [0.29, 0.717) is 22.6 Å². The van der Waals surface area contributed by atoms with E-state index in [0.717, 1.165) is 0 Å². The largest absolute Gasteiger partial charge is 0.507 e. The standard InChI is InChI=1S/C14H14O3/c1-9-8-12(15)14(10(2)13(9)16)17-11-6-4-3-5-7-11/h3-8,15-16H,1-2H3. The number of phenols is 2. The molecule has 2 aromatic carbocycles. The Bertz CT molecular complexity index is 533. The van der Waals surface area contributed by atoms with Crippen molar-refractivity contribution < 1.29 is 14.9 Å². The van der Waals surface area contributed by atoms with E-state index in [2.05, 4.69) is 0 Å². The fourth-order valence-electron chi connectivity index (χ4n) is 1.67. The Labute approximate surface area is 99.9 Å². The minimum absolute atomic E-state index is 0.0293. The Morgan fingerprint density at radius 3 is 2.29 bits per heavy atom. The summed E-state index contributed by atoms with van der Waals surface area (Å²) in [6.45, 7) is 3.44. The van der Waals surface area contributed by atoms with Crippen LogP contribution in [0.4, 0.5) is 0 Å². The molecule has 17 heavy (non-hydrogen) atoms. The average Bonchev–Trinajstić information content (AvgIpc) is 2.33. The first-order valence-corrected chi connectivity index (χ1v) is 5.34. The number of rotatable bonds is 2. The Morgan fingerprint density at radius 1 is 1.00 bits per heavy atom. The van der Waals surface area contributed by atoms with Gasteiger partial charge in [-0.25, -0.2) is 0 Å². The molecule has 0 unspecified atom stereocenters. The molecule has 0 saturated heterocycles. The fourth-order valence-corrected chi connectivity index (χ4v) is 1.67. The zero-order chi connectivity index (χ0) is 12.4. The van der Waals surface area contributed by atoms with Crippen molar-refractivity contribution in [1.82, 2.24) is 0 Å². The lowest BCUT2D eigenvalue weighted by atomic mass is 10.1. The number of hydrogen-bond acceptors (Lipinski definition) is 3. The number of phenolic OH excluding ortho intramolecular Hbond substituents is 2. The molecule has 2 aromatic rings. The third kappa shape index (κ3) is 2.18. The van der Waals surface area contributed by atoms with Crippen molar-refractivity contribution in [3.8, 4) is 23.0 Å². The van der Waals surface area contributed by atoms with Crippen LogP contribution in [-0.2, 0) is 0 Å². The van der Waals surface area contributed by atoms with E-state index in [4.69, 9.17) is 4.74 Å². The lowest BCUT2D eigenvalue weighted by Crippen LogP contribution is -1.90. The molecule has 0 atom stereocenters. The molecular weight excluding hydrogens is 216 g/mol. The van der Waals surface area contributed by atoms with E-state index in [1.54, 1.807) is 26.0 Å². The van der Waals surface area contributed by atoms with Gasteiger partial charge in [-0.2, -0.15) is 0 Å². The lowest BCUT2D eigenvalue weighted by molar-refractivity contribution is 0.398. The van der Waals surface area contributed by atoms with Crippen LogP contribution in [0.25, 0.3) is 0 Å². The SMILES string of the molecule is Cc1cc(O)c(Oc2ccccc2)c(C)c1O. The van der Waals surface area contributed by atoms with Crippen LogP contribution in [0.5, 0.6) is 23.0 Å². The number of para-hydroxylation sites is 1. The summed E-state index contributed by atoms with van der Waals surface area (Å²) in [7, 11) is 0. The predicted molar refractivity (Wildman–Crippen MR) is 65.8 cm³/mol. The van der Waals surface area contributed by atoms with Crippen LogP contribution in [0.3, 0.4) is 0 Å². The second kappa shape index (κ2) is 4.37. The van der Waals surface area contributed by atoms with Crippen molar-refractivity contribution in [2.24, 2.45) is 0 Å². The normalized spacial score (nSPS) is 10.2. The summed E-state index contributed by atoms with van der Waals surface area (Å²) in [4.78, 5) is 0. The van der Waals surface area contributed by atoms with Gasteiger partial charge in [0.15, 0.2) is 11.5 Å². The van der Waals surface area contributed by atoms with Crippen LogP contribution >= 0.6 is 0 Å². The van der Waals surface area contributed by atoms with E-state index in [9.17, 15) is 10.2 Å². The highest BCUT2D eigenvalue weighted by Gasteiger charge is 2.14. The van der Waals surface area contributed by atoms with Gasteiger partial charge in [0, 0.05) is 5.56 Å². The number of aromatic hydroxyl groups is 2. The van der Waals surface area contributed by atoms with Gasteiger partial charge < -0.3 is 14.9 Å². The van der Waals surface area contributed by atoms with E-state index >= 15 is 0 Å². The smallest absolute Gasteiger partial charge is 0.175 e. The van der Waals surface area contributed by atoms with Gasteiger partial charge in [0.1, 0.15) is 11.5 Å². The molecule has 0 saturated carbocycles. The third-order valence-electron chi connectivity index (χ3n) is 2.62. The van der Waals surface area contributed by atoms with Crippen LogP contribution in [0, 0.1) is 13.8 Å². The molecular formula is C14H14O3. The molecule has 3 nitrogen and oxygen atoms in total. The molecule has 0 radical (unpaired) electrons. The number of ether oxygens (including phenoxy) is 1. The summed E-state index contributed by atoms with van der Waals surface area (Å²) in [6.07, 6.45) is 0. The maximum absolute atomic E-state index is 9.82. The van der Waals surface area contributed by atoms with Crippen molar-refractivity contribution in [2.45, 2.75) is 13.8 Å². The third-order valence-corrected chi connectivity index (χ3v) is 2.62. The van der Waals surface area contributed by atoms with Crippen LogP contribution in [0.1, 0.15) is 11.1 Å². The molecule has 0 amide bonds. The first kappa shape index (κ1) is 11.3. The minimum atomic E-state index is 0.0293. The Morgan fingerprint density at radius 2 is 1.65 bits per heavy atom. The van der Waals surface area contributed by atoms with Gasteiger partial charge in [-0.1, -0.05) is 18.2 Å². The van der Waals surface area contributed by atoms with Crippen LogP contribution in [0.2, 0.25) is 0 Å². The molecule has 0 aliphatic heterocycles. The van der Waals surface area contributed by atoms with Crippen molar-refractivity contribution in [3.63, 3.8) is 0 Å². The molecule has 3 heteroatoms. The Kier molecular flexibility index (Phi) is 2.91. The minimum Gasteiger partial charge on any atom is -0.507 e. The highest BCUT2D eigenvalue weighted by atomic mass is 16.5. The van der Waals surface area contributed by atoms with E-state index in [1.165, 1.54) is 6.07 Å². The molecule has 0 fully saturated rings. The second-order valence-electron chi connectivity index (χ2n) is 3.93. The molecule has 0 bridgehead atoms. The van der Waals surface area contributed by atoms with Gasteiger partial charge in [-0.05, 0) is 37.6 Å². The summed E-state index contributed by atoms with van der Waals surface area (Å²) in [6, 6.07) is 10.6. The summed E-state index contributed by atoms with van der Waals surface area (Å²) in [5.74, 6) is 1.09. The topological polar surface area (TPSA) is 49.7 Å². The first-order chi connectivity index (χ1) is 8.09. The predicted octanol–water partition coefficient (Wildman–Crippen LogP) is 3.51. The summed E-state index contributed by atoms with van der Waals surface area (Å²) in [5, 5.41) is 19.6. The van der Waals surface area contributed by atoms with Gasteiger partial charge in [-0.15, -0.1) is 0 Å². The van der Waals surface area contributed by atoms with Gasteiger partial charge in [0.2, 0.25) is 0 Å². The van der Waals surface area contributed by atoms with Gasteiger partial charge in [0.05, 0.1) is 0 Å². The van der Waals surface area contributed by atoms with Crippen LogP contribution in [-0.4, -0.2) is 10.2 Å². The van der Waals surface area contributed by atoms with Gasteiger partial charge >= 0.3 is 0 Å². The van der Waals surface area contributed by atoms with Crippen molar-refractivity contribution in [3.05, 3.63) is 47.5 Å². The fraction of sp³-hybridized carbons (Fsp3) is 0.143. The highest BCUT2D eigenvalue weighted by molar-refractivity contribution is 5.57. The summed E-state index contributed by atoms with van der Waals surface area (Å²) >= 11 is 0. The van der Waals surface area contributed by atoms with Crippen LogP contribution in [0.15, 0.2) is 36.4 Å². The van der Waals surface area contributed by atoms with E-state index in [-0.39, 0.29) is 11.5 Å². The van der Waals surface area contributed by atoms with Crippen LogP contribution < -0.4 is 4.74 Å². The molecule has 0 heterocycles. The number of aryl methyl sites for hydroxylation is 1. The van der Waals surface area contributed by atoms with Crippen molar-refractivity contribution >= 4 is 0 Å². The van der Waals surface area contributed by atoms with Crippen molar-refractivity contribution in [1.29, 1.82) is 0 Å². The maximum atomic E-state index is 9.82. The Balaban J connectivity index is 2.43. The first-order valence-electron chi connectivity index (χ1n) is 5.34. The number of benzene rings is 2. The maximum Gasteiger partial charge on any atom is 0.175 e. The molecule has 0 spiro atoms. The van der Waals surface area contributed by atoms with Gasteiger partial charge in [0.25, 0.3) is 0 Å². The molecule has 2 rings (SSSR count). The second-order valence-corrected chi connectivity index (χ2v) is 3.93. The quantitative estimate of drug-likeness (QED) is 0.776. The van der Waals surface area contributed by atoms with Gasteiger partial charge in [-0.3, -0.25) is 0 Å². The zero-order valence-corrected chi connectivity index (χ0v) is 9.77. The molecule has 2 N–H and O–H groups in total. The van der Waals surface area contributed by atoms with E-state index < -0.39 is 0 Å². The summed E-state index contributed by atoms with van der Waals surface area (Å²) in [5.41, 5.74) is 1.16. The summed E-state index contributed by atoms with van der Waals surface area (Å²) < 4.78 is 5.57. The number of hydrogen-bond donors (Lipinski definition) is 2. The zero-order valence-electron chi connectivity index (χ0n) is 9.77. The molecule has 0 aliphatic carbocycles. The average molecular weight is 230 g/mol. The van der Waals surface area contributed by atoms with Crippen molar-refractivity contribution in [2.75, 3.05) is 0 Å². The molecule has 88 valence electrons. The van der Waals surface area contributed by atoms with E-state index in [1.807, 2.05) is 18.2 Å². The molecule has 0 aliphatic rings.